The average molecular weight is 327 g/mol. The van der Waals surface area contributed by atoms with Gasteiger partial charge in [0.25, 0.3) is 0 Å². The molecular formula is C19H25N3O2. The predicted molar refractivity (Wildman–Crippen MR) is 93.2 cm³/mol. The molecule has 128 valence electrons. The van der Waals surface area contributed by atoms with Crippen molar-refractivity contribution < 1.29 is 9.53 Å². The van der Waals surface area contributed by atoms with E-state index in [1.165, 1.54) is 5.56 Å². The predicted octanol–water partition coefficient (Wildman–Crippen LogP) is 3.20. The summed E-state index contributed by atoms with van der Waals surface area (Å²) in [7, 11) is 0. The number of piperidine rings is 1. The van der Waals surface area contributed by atoms with Gasteiger partial charge in [0.1, 0.15) is 5.75 Å². The summed E-state index contributed by atoms with van der Waals surface area (Å²) in [6.07, 6.45) is 4.33. The zero-order chi connectivity index (χ0) is 16.9. The number of hydrogen-bond donors (Lipinski definition) is 1. The van der Waals surface area contributed by atoms with E-state index in [9.17, 15) is 4.79 Å². The van der Waals surface area contributed by atoms with Crippen molar-refractivity contribution in [3.8, 4) is 5.75 Å². The number of nitrogens with one attached hydrogen (secondary N) is 1. The lowest BCUT2D eigenvalue weighted by Gasteiger charge is -2.32. The average Bonchev–Trinajstić information content (AvgIpc) is 3.13. The molecule has 5 heteroatoms. The fraction of sp³-hybridized carbons (Fsp3) is 0.474. The van der Waals surface area contributed by atoms with Gasteiger partial charge in [0, 0.05) is 30.9 Å². The maximum absolute atomic E-state index is 12.5. The van der Waals surface area contributed by atoms with E-state index in [4.69, 9.17) is 4.74 Å². The van der Waals surface area contributed by atoms with Crippen molar-refractivity contribution in [2.75, 3.05) is 19.7 Å². The SMILES string of the molecule is Cc1cccc(OCCC(=O)N2CCC[C@H](c3ccn[nH]3)C2)c1C. The third-order valence-corrected chi connectivity index (χ3v) is 4.86. The highest BCUT2D eigenvalue weighted by Gasteiger charge is 2.25. The molecule has 1 aliphatic rings. The van der Waals surface area contributed by atoms with Gasteiger partial charge in [-0.3, -0.25) is 9.89 Å². The summed E-state index contributed by atoms with van der Waals surface area (Å²) in [5.41, 5.74) is 3.47. The molecule has 5 nitrogen and oxygen atoms in total. The molecule has 1 atom stereocenters. The molecule has 1 aliphatic heterocycles. The second-order valence-electron chi connectivity index (χ2n) is 6.49. The third-order valence-electron chi connectivity index (χ3n) is 4.86. The number of amides is 1. The zero-order valence-electron chi connectivity index (χ0n) is 14.4. The number of carbonyl (C=O) groups is 1. The maximum atomic E-state index is 12.5. The van der Waals surface area contributed by atoms with E-state index in [0.29, 0.717) is 18.9 Å². The van der Waals surface area contributed by atoms with Crippen molar-refractivity contribution in [3.63, 3.8) is 0 Å². The molecule has 1 N–H and O–H groups in total. The highest BCUT2D eigenvalue weighted by atomic mass is 16.5. The lowest BCUT2D eigenvalue weighted by atomic mass is 9.95. The lowest BCUT2D eigenvalue weighted by molar-refractivity contribution is -0.132. The summed E-state index contributed by atoms with van der Waals surface area (Å²) in [4.78, 5) is 14.4. The van der Waals surface area contributed by atoms with Crippen molar-refractivity contribution in [2.24, 2.45) is 0 Å². The van der Waals surface area contributed by atoms with Crippen LogP contribution in [-0.4, -0.2) is 40.7 Å². The number of ether oxygens (including phenoxy) is 1. The Morgan fingerprint density at radius 2 is 2.25 bits per heavy atom. The minimum Gasteiger partial charge on any atom is -0.493 e. The second kappa shape index (κ2) is 7.51. The van der Waals surface area contributed by atoms with Crippen LogP contribution in [0.3, 0.4) is 0 Å². The first-order valence-corrected chi connectivity index (χ1v) is 8.61. The van der Waals surface area contributed by atoms with Crippen LogP contribution in [0.15, 0.2) is 30.5 Å². The van der Waals surface area contributed by atoms with E-state index in [1.54, 1.807) is 6.20 Å². The third kappa shape index (κ3) is 3.78. The van der Waals surface area contributed by atoms with Crippen LogP contribution in [-0.2, 0) is 4.79 Å². The van der Waals surface area contributed by atoms with E-state index in [2.05, 4.69) is 23.2 Å². The quantitative estimate of drug-likeness (QED) is 0.917. The van der Waals surface area contributed by atoms with Crippen LogP contribution in [0, 0.1) is 13.8 Å². The van der Waals surface area contributed by atoms with Gasteiger partial charge in [0.05, 0.1) is 13.0 Å². The van der Waals surface area contributed by atoms with Crippen LogP contribution in [0.5, 0.6) is 5.75 Å². The number of nitrogens with zero attached hydrogens (tertiary/aromatic N) is 2. The molecule has 1 saturated heterocycles. The van der Waals surface area contributed by atoms with E-state index in [1.807, 2.05) is 30.0 Å². The van der Waals surface area contributed by atoms with Gasteiger partial charge in [-0.1, -0.05) is 12.1 Å². The minimum absolute atomic E-state index is 0.171. The van der Waals surface area contributed by atoms with Crippen molar-refractivity contribution in [2.45, 2.75) is 39.0 Å². The summed E-state index contributed by atoms with van der Waals surface area (Å²) in [5, 5.41) is 7.05. The number of likely N-dealkylation sites (tertiary alicyclic amines) is 1. The number of H-pyrrole nitrogens is 1. The molecular weight excluding hydrogens is 302 g/mol. The van der Waals surface area contributed by atoms with Crippen molar-refractivity contribution in [1.29, 1.82) is 0 Å². The number of rotatable bonds is 5. The molecule has 0 spiro atoms. The van der Waals surface area contributed by atoms with Crippen LogP contribution < -0.4 is 4.74 Å². The Bertz CT molecular complexity index is 682. The van der Waals surface area contributed by atoms with Gasteiger partial charge in [-0.15, -0.1) is 0 Å². The van der Waals surface area contributed by atoms with Gasteiger partial charge in [-0.05, 0) is 49.9 Å². The van der Waals surface area contributed by atoms with Crippen LogP contribution >= 0.6 is 0 Å². The fourth-order valence-corrected chi connectivity index (χ4v) is 3.24. The van der Waals surface area contributed by atoms with Gasteiger partial charge < -0.3 is 9.64 Å². The Morgan fingerprint density at radius 3 is 3.04 bits per heavy atom. The molecule has 1 aromatic heterocycles. The van der Waals surface area contributed by atoms with E-state index >= 15 is 0 Å². The Balaban J connectivity index is 1.50. The number of carbonyl (C=O) groups excluding carboxylic acids is 1. The minimum atomic E-state index is 0.171. The summed E-state index contributed by atoms with van der Waals surface area (Å²) in [6, 6.07) is 8.01. The number of benzene rings is 1. The summed E-state index contributed by atoms with van der Waals surface area (Å²) >= 11 is 0. The van der Waals surface area contributed by atoms with Gasteiger partial charge in [-0.2, -0.15) is 5.10 Å². The first kappa shape index (κ1) is 16.6. The number of aryl methyl sites for hydroxylation is 1. The smallest absolute Gasteiger partial charge is 0.226 e. The van der Waals surface area contributed by atoms with Crippen molar-refractivity contribution >= 4 is 5.91 Å². The van der Waals surface area contributed by atoms with Crippen LogP contribution in [0.1, 0.15) is 42.0 Å². The molecule has 0 bridgehead atoms. The summed E-state index contributed by atoms with van der Waals surface area (Å²) < 4.78 is 5.81. The number of aromatic amines is 1. The van der Waals surface area contributed by atoms with Crippen molar-refractivity contribution in [1.82, 2.24) is 15.1 Å². The van der Waals surface area contributed by atoms with Crippen molar-refractivity contribution in [3.05, 3.63) is 47.3 Å². The first-order valence-electron chi connectivity index (χ1n) is 8.61. The Labute approximate surface area is 143 Å². The molecule has 24 heavy (non-hydrogen) atoms. The highest BCUT2D eigenvalue weighted by molar-refractivity contribution is 5.76. The lowest BCUT2D eigenvalue weighted by Crippen LogP contribution is -2.39. The first-order chi connectivity index (χ1) is 11.6. The second-order valence-corrected chi connectivity index (χ2v) is 6.49. The maximum Gasteiger partial charge on any atom is 0.226 e. The van der Waals surface area contributed by atoms with Gasteiger partial charge in [-0.25, -0.2) is 0 Å². The van der Waals surface area contributed by atoms with E-state index < -0.39 is 0 Å². The van der Waals surface area contributed by atoms with Crippen LogP contribution in [0.25, 0.3) is 0 Å². The molecule has 0 aliphatic carbocycles. The number of aromatic nitrogens is 2. The summed E-state index contributed by atoms with van der Waals surface area (Å²) in [6.45, 7) is 6.15. The van der Waals surface area contributed by atoms with Gasteiger partial charge in [0.2, 0.25) is 5.91 Å². The topological polar surface area (TPSA) is 58.2 Å². The molecule has 2 heterocycles. The molecule has 0 saturated carbocycles. The van der Waals surface area contributed by atoms with Gasteiger partial charge >= 0.3 is 0 Å². The monoisotopic (exact) mass is 327 g/mol. The van der Waals surface area contributed by atoms with Gasteiger partial charge in [0.15, 0.2) is 0 Å². The number of hydrogen-bond acceptors (Lipinski definition) is 3. The highest BCUT2D eigenvalue weighted by Crippen LogP contribution is 2.26. The zero-order valence-corrected chi connectivity index (χ0v) is 14.4. The Hall–Kier alpha value is -2.30. The molecule has 1 aromatic carbocycles. The van der Waals surface area contributed by atoms with E-state index in [-0.39, 0.29) is 5.91 Å². The fourth-order valence-electron chi connectivity index (χ4n) is 3.24. The van der Waals surface area contributed by atoms with E-state index in [0.717, 1.165) is 42.9 Å². The molecule has 1 amide bonds. The summed E-state index contributed by atoms with van der Waals surface area (Å²) in [5.74, 6) is 1.41. The molecule has 0 radical (unpaired) electrons. The normalized spacial score (nSPS) is 17.8. The largest absolute Gasteiger partial charge is 0.493 e. The van der Waals surface area contributed by atoms with Crippen LogP contribution in [0.4, 0.5) is 0 Å². The molecule has 3 rings (SSSR count). The molecule has 0 unspecified atom stereocenters. The Morgan fingerprint density at radius 1 is 1.38 bits per heavy atom. The standard InChI is InChI=1S/C19H25N3O2/c1-14-5-3-7-18(15(14)2)24-12-9-19(23)22-11-4-6-16(13-22)17-8-10-20-21-17/h3,5,7-8,10,16H,4,6,9,11-13H2,1-2H3,(H,20,21)/t16-/m0/s1. The molecule has 1 fully saturated rings. The molecule has 2 aromatic rings. The van der Waals surface area contributed by atoms with Crippen LogP contribution in [0.2, 0.25) is 0 Å². The Kier molecular flexibility index (Phi) is 5.18.